The van der Waals surface area contributed by atoms with E-state index in [1.165, 1.54) is 0 Å². The van der Waals surface area contributed by atoms with E-state index < -0.39 is 5.76 Å². The molecule has 0 aliphatic heterocycles. The Morgan fingerprint density at radius 2 is 1.76 bits per heavy atom. The van der Waals surface area contributed by atoms with Gasteiger partial charge in [-0.25, -0.2) is 9.97 Å². The van der Waals surface area contributed by atoms with Gasteiger partial charge in [0, 0.05) is 17.8 Å². The van der Waals surface area contributed by atoms with E-state index in [-0.39, 0.29) is 17.1 Å². The summed E-state index contributed by atoms with van der Waals surface area (Å²) < 4.78 is 24.9. The first kappa shape index (κ1) is 19.3. The van der Waals surface area contributed by atoms with Crippen molar-refractivity contribution in [2.24, 2.45) is 0 Å². The maximum atomic E-state index is 12.4. The summed E-state index contributed by atoms with van der Waals surface area (Å²) in [6, 6.07) is 9.65. The number of nitrogens with one attached hydrogen (secondary N) is 1. The Hall–Kier alpha value is -2.02. The van der Waals surface area contributed by atoms with Crippen molar-refractivity contribution >= 4 is 17.7 Å². The molecule has 4 nitrogen and oxygen atoms in total. The summed E-state index contributed by atoms with van der Waals surface area (Å²) in [5, 5.41) is 3.03. The molecule has 0 spiro atoms. The molecule has 0 aliphatic rings. The van der Waals surface area contributed by atoms with Crippen LogP contribution in [0.1, 0.15) is 41.9 Å². The normalized spacial score (nSPS) is 12.2. The maximum absolute atomic E-state index is 12.4. The molecule has 0 aliphatic carbocycles. The van der Waals surface area contributed by atoms with E-state index >= 15 is 0 Å². The number of hydrogen-bond donors (Lipinski definition) is 1. The Labute approximate surface area is 150 Å². The van der Waals surface area contributed by atoms with Crippen LogP contribution in [0, 0.1) is 13.8 Å². The molecule has 2 rings (SSSR count). The van der Waals surface area contributed by atoms with Crippen LogP contribution in [0.3, 0.4) is 0 Å². The molecular formula is C18H21F2N3OS. The SMILES string of the molecule is Cc1nc(SC(F)F)nc(C)c1CCC(=O)N[C@@H](C)c1ccccc1. The lowest BCUT2D eigenvalue weighted by molar-refractivity contribution is -0.121. The Bertz CT molecular complexity index is 703. The minimum atomic E-state index is -2.55. The molecule has 0 bridgehead atoms. The number of nitrogens with zero attached hydrogens (tertiary/aromatic N) is 2. The number of aryl methyl sites for hydroxylation is 2. The van der Waals surface area contributed by atoms with Crippen LogP contribution in [0.2, 0.25) is 0 Å². The third kappa shape index (κ3) is 5.77. The van der Waals surface area contributed by atoms with Crippen LogP contribution >= 0.6 is 11.8 Å². The van der Waals surface area contributed by atoms with Gasteiger partial charge in [0.05, 0.1) is 6.04 Å². The predicted octanol–water partition coefficient (Wildman–Crippen LogP) is 4.22. The second-order valence-electron chi connectivity index (χ2n) is 5.73. The summed E-state index contributed by atoms with van der Waals surface area (Å²) in [5.74, 6) is -2.61. The zero-order valence-electron chi connectivity index (χ0n) is 14.4. The first-order valence-corrected chi connectivity index (χ1v) is 8.88. The van der Waals surface area contributed by atoms with Gasteiger partial charge in [0.2, 0.25) is 5.91 Å². The second kappa shape index (κ2) is 8.89. The fraction of sp³-hybridized carbons (Fsp3) is 0.389. The average molecular weight is 365 g/mol. The first-order chi connectivity index (χ1) is 11.9. The van der Waals surface area contributed by atoms with Crippen LogP contribution in [-0.2, 0) is 11.2 Å². The highest BCUT2D eigenvalue weighted by molar-refractivity contribution is 7.99. The molecule has 1 amide bonds. The van der Waals surface area contributed by atoms with Gasteiger partial charge in [-0.2, -0.15) is 8.78 Å². The zero-order valence-corrected chi connectivity index (χ0v) is 15.2. The summed E-state index contributed by atoms with van der Waals surface area (Å²) in [6.07, 6.45) is 0.772. The van der Waals surface area contributed by atoms with E-state index in [1.807, 2.05) is 37.3 Å². The van der Waals surface area contributed by atoms with Crippen LogP contribution in [-0.4, -0.2) is 21.6 Å². The third-order valence-corrected chi connectivity index (χ3v) is 4.45. The van der Waals surface area contributed by atoms with Gasteiger partial charge < -0.3 is 5.32 Å². The predicted molar refractivity (Wildman–Crippen MR) is 94.7 cm³/mol. The van der Waals surface area contributed by atoms with Gasteiger partial charge >= 0.3 is 0 Å². The van der Waals surface area contributed by atoms with Gasteiger partial charge in [-0.1, -0.05) is 30.3 Å². The van der Waals surface area contributed by atoms with Gasteiger partial charge in [0.1, 0.15) is 0 Å². The van der Waals surface area contributed by atoms with E-state index in [0.29, 0.717) is 36.0 Å². The number of alkyl halides is 2. The fourth-order valence-corrected chi connectivity index (χ4v) is 3.12. The lowest BCUT2D eigenvalue weighted by Crippen LogP contribution is -2.27. The summed E-state index contributed by atoms with van der Waals surface area (Å²) >= 11 is 0.331. The number of rotatable bonds is 7. The quantitative estimate of drug-likeness (QED) is 0.590. The summed E-state index contributed by atoms with van der Waals surface area (Å²) in [4.78, 5) is 20.4. The summed E-state index contributed by atoms with van der Waals surface area (Å²) in [7, 11) is 0. The minimum absolute atomic E-state index is 0.0656. The number of carbonyl (C=O) groups is 1. The molecule has 134 valence electrons. The number of halogens is 2. The number of thioether (sulfide) groups is 1. The molecule has 0 saturated heterocycles. The molecule has 1 atom stereocenters. The molecule has 1 N–H and O–H groups in total. The fourth-order valence-electron chi connectivity index (χ4n) is 2.58. The number of amides is 1. The second-order valence-corrected chi connectivity index (χ2v) is 6.69. The Balaban J connectivity index is 1.95. The number of carbonyl (C=O) groups excluding carboxylic acids is 1. The molecule has 2 aromatic rings. The summed E-state index contributed by atoms with van der Waals surface area (Å²) in [5.41, 5.74) is 3.15. The molecule has 1 aromatic heterocycles. The standard InChI is InChI=1S/C18H21F2N3OS/c1-11(14-7-5-4-6-8-14)21-16(24)10-9-15-12(2)22-18(23-13(15)3)25-17(19)20/h4-8,11,17H,9-10H2,1-3H3,(H,21,24)/t11-/m0/s1. The van der Waals surface area contributed by atoms with E-state index in [4.69, 9.17) is 0 Å². The van der Waals surface area contributed by atoms with Crippen molar-refractivity contribution in [1.29, 1.82) is 0 Å². The Morgan fingerprint density at radius 3 is 2.32 bits per heavy atom. The number of benzene rings is 1. The van der Waals surface area contributed by atoms with Crippen molar-refractivity contribution in [3.8, 4) is 0 Å². The van der Waals surface area contributed by atoms with Crippen LogP contribution < -0.4 is 5.32 Å². The average Bonchev–Trinajstić information content (AvgIpc) is 2.54. The van der Waals surface area contributed by atoms with Gasteiger partial charge in [-0.15, -0.1) is 0 Å². The monoisotopic (exact) mass is 365 g/mol. The molecule has 1 aromatic carbocycles. The first-order valence-electron chi connectivity index (χ1n) is 8.00. The van der Waals surface area contributed by atoms with Crippen molar-refractivity contribution in [1.82, 2.24) is 15.3 Å². The van der Waals surface area contributed by atoms with Crippen molar-refractivity contribution in [2.45, 2.75) is 50.6 Å². The Morgan fingerprint density at radius 1 is 1.16 bits per heavy atom. The topological polar surface area (TPSA) is 54.9 Å². The van der Waals surface area contributed by atoms with E-state index in [2.05, 4.69) is 15.3 Å². The van der Waals surface area contributed by atoms with E-state index in [9.17, 15) is 13.6 Å². The van der Waals surface area contributed by atoms with Crippen LogP contribution in [0.5, 0.6) is 0 Å². The molecular weight excluding hydrogens is 344 g/mol. The molecule has 0 unspecified atom stereocenters. The van der Waals surface area contributed by atoms with Crippen molar-refractivity contribution in [3.05, 3.63) is 52.8 Å². The van der Waals surface area contributed by atoms with Gasteiger partial charge in [0.25, 0.3) is 5.76 Å². The van der Waals surface area contributed by atoms with Crippen LogP contribution in [0.15, 0.2) is 35.5 Å². The summed E-state index contributed by atoms with van der Waals surface area (Å²) in [6.45, 7) is 5.44. The largest absolute Gasteiger partial charge is 0.350 e. The van der Waals surface area contributed by atoms with E-state index in [1.54, 1.807) is 13.8 Å². The third-order valence-electron chi connectivity index (χ3n) is 3.87. The smallest absolute Gasteiger partial charge is 0.291 e. The maximum Gasteiger partial charge on any atom is 0.291 e. The van der Waals surface area contributed by atoms with E-state index in [0.717, 1.165) is 11.1 Å². The lowest BCUT2D eigenvalue weighted by atomic mass is 10.1. The number of hydrogen-bond acceptors (Lipinski definition) is 4. The van der Waals surface area contributed by atoms with Crippen molar-refractivity contribution in [2.75, 3.05) is 0 Å². The van der Waals surface area contributed by atoms with Gasteiger partial charge in [0.15, 0.2) is 5.16 Å². The molecule has 25 heavy (non-hydrogen) atoms. The molecule has 0 saturated carbocycles. The minimum Gasteiger partial charge on any atom is -0.350 e. The molecule has 0 radical (unpaired) electrons. The number of aromatic nitrogens is 2. The highest BCUT2D eigenvalue weighted by Gasteiger charge is 2.15. The van der Waals surface area contributed by atoms with Crippen molar-refractivity contribution < 1.29 is 13.6 Å². The molecule has 1 heterocycles. The molecule has 7 heteroatoms. The Kier molecular flexibility index (Phi) is 6.87. The van der Waals surface area contributed by atoms with Crippen LogP contribution in [0.25, 0.3) is 0 Å². The lowest BCUT2D eigenvalue weighted by Gasteiger charge is -2.15. The van der Waals surface area contributed by atoms with Crippen LogP contribution in [0.4, 0.5) is 8.78 Å². The van der Waals surface area contributed by atoms with Crippen molar-refractivity contribution in [3.63, 3.8) is 0 Å². The van der Waals surface area contributed by atoms with Gasteiger partial charge in [-0.05, 0) is 50.1 Å². The highest BCUT2D eigenvalue weighted by atomic mass is 32.2. The highest BCUT2D eigenvalue weighted by Crippen LogP contribution is 2.24. The molecule has 0 fully saturated rings. The zero-order chi connectivity index (χ0) is 18.4. The van der Waals surface area contributed by atoms with Gasteiger partial charge in [-0.3, -0.25) is 4.79 Å².